The molecule has 2 bridgehead atoms. The van der Waals surface area contributed by atoms with Gasteiger partial charge in [0, 0.05) is 42.8 Å². The molecule has 0 aliphatic carbocycles. The van der Waals surface area contributed by atoms with Gasteiger partial charge in [-0.1, -0.05) is 0 Å². The summed E-state index contributed by atoms with van der Waals surface area (Å²) < 4.78 is 36.9. The molecular weight excluding hydrogens is 330 g/mol. The Morgan fingerprint density at radius 3 is 2.48 bits per heavy atom. The van der Waals surface area contributed by atoms with E-state index in [1.807, 2.05) is 25.7 Å². The maximum absolute atomic E-state index is 12.8. The third kappa shape index (κ3) is 4.19. The van der Waals surface area contributed by atoms with Crippen LogP contribution >= 0.6 is 0 Å². The van der Waals surface area contributed by atoms with Gasteiger partial charge in [0.15, 0.2) is 0 Å². The van der Waals surface area contributed by atoms with Crippen molar-refractivity contribution in [2.75, 3.05) is 0 Å². The average Bonchev–Trinajstić information content (AvgIpc) is 2.77. The van der Waals surface area contributed by atoms with Crippen LogP contribution in [0.5, 0.6) is 5.88 Å². The summed E-state index contributed by atoms with van der Waals surface area (Å²) in [6.07, 6.45) is 1.53. The summed E-state index contributed by atoms with van der Waals surface area (Å²) in [6, 6.07) is 2.70. The number of carbonyl (C=O) groups excluding carboxylic acids is 1. The summed E-state index contributed by atoms with van der Waals surface area (Å²) in [5.74, 6) is 0.216. The molecule has 0 unspecified atom stereocenters. The largest absolute Gasteiger partial charge is 0.474 e. The number of hydrogen-bond donors (Lipinski definition) is 0. The van der Waals surface area contributed by atoms with Crippen molar-refractivity contribution in [1.29, 1.82) is 0 Å². The topological polar surface area (TPSA) is 51.7 Å². The molecule has 1 aromatic rings. The number of nitrogens with zero attached hydrogens (tertiary/aromatic N) is 2. The predicted molar refractivity (Wildman–Crippen MR) is 87.7 cm³/mol. The standard InChI is InChI=1S/C18H24F2N2O3/c1-18(2,3)25-17(23)22-12-4-5-13(22)10-14(9-12)24-15-8-11(16(19)20)6-7-21-15/h6-8,12-14,16H,4-5,9-10H2,1-3H3/t12-,13+,14+. The van der Waals surface area contributed by atoms with Gasteiger partial charge in [0.05, 0.1) is 0 Å². The number of alkyl halides is 2. The lowest BCUT2D eigenvalue weighted by molar-refractivity contribution is -0.00766. The number of aromatic nitrogens is 1. The van der Waals surface area contributed by atoms with Crippen LogP contribution in [-0.2, 0) is 4.74 Å². The minimum atomic E-state index is -2.55. The monoisotopic (exact) mass is 354 g/mol. The van der Waals surface area contributed by atoms with Gasteiger partial charge in [-0.3, -0.25) is 0 Å². The molecule has 0 spiro atoms. The van der Waals surface area contributed by atoms with E-state index in [-0.39, 0.29) is 35.7 Å². The van der Waals surface area contributed by atoms with Crippen LogP contribution < -0.4 is 4.74 Å². The highest BCUT2D eigenvalue weighted by atomic mass is 19.3. The van der Waals surface area contributed by atoms with E-state index in [2.05, 4.69) is 4.98 Å². The first-order valence-corrected chi connectivity index (χ1v) is 8.65. The lowest BCUT2D eigenvalue weighted by atomic mass is 10.0. The van der Waals surface area contributed by atoms with Gasteiger partial charge in [-0.05, 0) is 39.7 Å². The number of pyridine rings is 1. The first-order chi connectivity index (χ1) is 11.7. The molecule has 3 rings (SSSR count). The number of ether oxygens (including phenoxy) is 2. The van der Waals surface area contributed by atoms with Crippen molar-refractivity contribution in [2.24, 2.45) is 0 Å². The molecule has 5 nitrogen and oxygen atoms in total. The van der Waals surface area contributed by atoms with Crippen molar-refractivity contribution in [3.63, 3.8) is 0 Å². The Hall–Kier alpha value is -1.92. The molecule has 3 heterocycles. The van der Waals surface area contributed by atoms with Crippen LogP contribution in [0.3, 0.4) is 0 Å². The van der Waals surface area contributed by atoms with Crippen LogP contribution in [0.15, 0.2) is 18.3 Å². The highest BCUT2D eigenvalue weighted by Gasteiger charge is 2.45. The summed E-state index contributed by atoms with van der Waals surface area (Å²) in [6.45, 7) is 5.55. The number of amides is 1. The second kappa shape index (κ2) is 6.77. The molecule has 1 amide bonds. The van der Waals surface area contributed by atoms with Gasteiger partial charge in [-0.15, -0.1) is 0 Å². The summed E-state index contributed by atoms with van der Waals surface area (Å²) >= 11 is 0. The van der Waals surface area contributed by atoms with Crippen LogP contribution in [0.1, 0.15) is 58.4 Å². The Morgan fingerprint density at radius 1 is 1.28 bits per heavy atom. The molecule has 138 valence electrons. The van der Waals surface area contributed by atoms with Crippen molar-refractivity contribution in [2.45, 2.75) is 76.7 Å². The van der Waals surface area contributed by atoms with E-state index in [0.29, 0.717) is 12.8 Å². The van der Waals surface area contributed by atoms with Gasteiger partial charge in [0.25, 0.3) is 6.43 Å². The molecule has 2 fully saturated rings. The fourth-order valence-corrected chi connectivity index (χ4v) is 3.63. The lowest BCUT2D eigenvalue weighted by Gasteiger charge is -2.39. The summed E-state index contributed by atoms with van der Waals surface area (Å²) in [5, 5.41) is 0. The summed E-state index contributed by atoms with van der Waals surface area (Å²) in [5.41, 5.74) is -0.622. The van der Waals surface area contributed by atoms with Crippen LogP contribution in [-0.4, -0.2) is 39.8 Å². The first-order valence-electron chi connectivity index (χ1n) is 8.65. The van der Waals surface area contributed by atoms with E-state index in [9.17, 15) is 13.6 Å². The molecule has 2 aliphatic heterocycles. The Morgan fingerprint density at radius 2 is 1.92 bits per heavy atom. The van der Waals surface area contributed by atoms with Crippen molar-refractivity contribution in [1.82, 2.24) is 9.88 Å². The first kappa shape index (κ1) is 17.9. The molecule has 7 heteroatoms. The second-order valence-corrected chi connectivity index (χ2v) is 7.71. The van der Waals surface area contributed by atoms with E-state index in [1.54, 1.807) is 0 Å². The second-order valence-electron chi connectivity index (χ2n) is 7.71. The quantitative estimate of drug-likeness (QED) is 0.811. The third-order valence-corrected chi connectivity index (χ3v) is 4.59. The number of piperidine rings is 1. The SMILES string of the molecule is CC(C)(C)OC(=O)N1[C@@H]2CC[C@H]1C[C@@H](Oc1cc(C(F)F)ccn1)C2. The van der Waals surface area contributed by atoms with Crippen molar-refractivity contribution < 1.29 is 23.0 Å². The normalized spacial score (nSPS) is 26.0. The van der Waals surface area contributed by atoms with Gasteiger partial charge in [-0.25, -0.2) is 18.6 Å². The molecule has 2 aliphatic rings. The van der Waals surface area contributed by atoms with Crippen molar-refractivity contribution in [3.05, 3.63) is 23.9 Å². The fourth-order valence-electron chi connectivity index (χ4n) is 3.63. The minimum absolute atomic E-state index is 0.0666. The van der Waals surface area contributed by atoms with Crippen LogP contribution in [0.25, 0.3) is 0 Å². The van der Waals surface area contributed by atoms with Gasteiger partial charge in [0.2, 0.25) is 5.88 Å². The molecule has 1 aromatic heterocycles. The molecular formula is C18H24F2N2O3. The maximum atomic E-state index is 12.8. The van der Waals surface area contributed by atoms with E-state index in [0.717, 1.165) is 12.8 Å². The number of carbonyl (C=O) groups is 1. The van der Waals surface area contributed by atoms with Gasteiger partial charge < -0.3 is 14.4 Å². The van der Waals surface area contributed by atoms with Gasteiger partial charge in [0.1, 0.15) is 11.7 Å². The van der Waals surface area contributed by atoms with Crippen LogP contribution in [0.2, 0.25) is 0 Å². The lowest BCUT2D eigenvalue weighted by Crippen LogP contribution is -2.50. The third-order valence-electron chi connectivity index (χ3n) is 4.59. The number of fused-ring (bicyclic) bond motifs is 2. The minimum Gasteiger partial charge on any atom is -0.474 e. The predicted octanol–water partition coefficient (Wildman–Crippen LogP) is 4.33. The summed E-state index contributed by atoms with van der Waals surface area (Å²) in [7, 11) is 0. The Bertz CT molecular complexity index is 619. The molecule has 3 atom stereocenters. The van der Waals surface area contributed by atoms with Gasteiger partial charge in [-0.2, -0.15) is 0 Å². The molecule has 25 heavy (non-hydrogen) atoms. The van der Waals surface area contributed by atoms with Gasteiger partial charge >= 0.3 is 6.09 Å². The summed E-state index contributed by atoms with van der Waals surface area (Å²) in [4.78, 5) is 18.3. The van der Waals surface area contributed by atoms with Crippen molar-refractivity contribution in [3.8, 4) is 5.88 Å². The number of halogens is 2. The molecule has 0 saturated carbocycles. The van der Waals surface area contributed by atoms with Crippen molar-refractivity contribution >= 4 is 6.09 Å². The van der Waals surface area contributed by atoms with Crippen LogP contribution in [0.4, 0.5) is 13.6 Å². The zero-order valence-electron chi connectivity index (χ0n) is 14.7. The molecule has 0 aromatic carbocycles. The van der Waals surface area contributed by atoms with Crippen LogP contribution in [0, 0.1) is 0 Å². The van der Waals surface area contributed by atoms with E-state index >= 15 is 0 Å². The number of rotatable bonds is 3. The molecule has 2 saturated heterocycles. The smallest absolute Gasteiger partial charge is 0.410 e. The molecule has 0 N–H and O–H groups in total. The maximum Gasteiger partial charge on any atom is 0.410 e. The average molecular weight is 354 g/mol. The Kier molecular flexibility index (Phi) is 4.84. The Labute approximate surface area is 146 Å². The number of hydrogen-bond acceptors (Lipinski definition) is 4. The Balaban J connectivity index is 1.64. The fraction of sp³-hybridized carbons (Fsp3) is 0.667. The van der Waals surface area contributed by atoms with E-state index < -0.39 is 12.0 Å². The molecule has 0 radical (unpaired) electrons. The zero-order chi connectivity index (χ0) is 18.2. The van der Waals surface area contributed by atoms with E-state index in [1.165, 1.54) is 18.3 Å². The highest BCUT2D eigenvalue weighted by Crippen LogP contribution is 2.38. The zero-order valence-corrected chi connectivity index (χ0v) is 14.7. The van der Waals surface area contributed by atoms with E-state index in [4.69, 9.17) is 9.47 Å². The highest BCUT2D eigenvalue weighted by molar-refractivity contribution is 5.69.